The summed E-state index contributed by atoms with van der Waals surface area (Å²) in [7, 11) is 0. The van der Waals surface area contributed by atoms with E-state index in [1.54, 1.807) is 6.07 Å². The molecule has 0 spiro atoms. The van der Waals surface area contributed by atoms with Crippen LogP contribution in [0.5, 0.6) is 0 Å². The molecule has 1 N–H and O–H groups in total. The summed E-state index contributed by atoms with van der Waals surface area (Å²) in [6.45, 7) is 6.18. The maximum absolute atomic E-state index is 7.32. The van der Waals surface area contributed by atoms with E-state index < -0.39 is 0 Å². The summed E-state index contributed by atoms with van der Waals surface area (Å²) < 4.78 is 0. The van der Waals surface area contributed by atoms with Crippen LogP contribution in [0.15, 0.2) is 0 Å². The Morgan fingerprint density at radius 1 is 1.67 bits per heavy atom. The van der Waals surface area contributed by atoms with Gasteiger partial charge in [-0.1, -0.05) is 6.92 Å². The van der Waals surface area contributed by atoms with Crippen LogP contribution in [0.3, 0.4) is 0 Å². The zero-order valence-corrected chi connectivity index (χ0v) is 6.15. The molecular formula is C7H14N2. The summed E-state index contributed by atoms with van der Waals surface area (Å²) in [6.07, 6.45) is 1.38. The van der Waals surface area contributed by atoms with Gasteiger partial charge in [-0.2, -0.15) is 5.26 Å². The Morgan fingerprint density at radius 3 is 2.33 bits per heavy atom. The molecule has 0 amide bonds. The highest BCUT2D eigenvalue weighted by molar-refractivity contribution is 4.65. The van der Waals surface area contributed by atoms with Crippen LogP contribution < -0.4 is 5.32 Å². The summed E-state index contributed by atoms with van der Waals surface area (Å²) in [4.78, 5) is 0. The summed E-state index contributed by atoms with van der Waals surface area (Å²) in [5, 5.41) is 10.6. The molecule has 0 saturated carbocycles. The fourth-order valence-electron chi connectivity index (χ4n) is 0.799. The molecule has 9 heavy (non-hydrogen) atoms. The minimum Gasteiger partial charge on any atom is -0.316 e. The van der Waals surface area contributed by atoms with Gasteiger partial charge in [0.2, 0.25) is 0 Å². The molecule has 1 rings (SSSR count). The van der Waals surface area contributed by atoms with Crippen molar-refractivity contribution in [3.05, 3.63) is 0 Å². The summed E-state index contributed by atoms with van der Waals surface area (Å²) in [6, 6.07) is 1.75. The van der Waals surface area contributed by atoms with Gasteiger partial charge in [0.05, 0.1) is 6.07 Å². The Bertz CT molecular complexity index is 87.6. The molecule has 1 aliphatic heterocycles. The molecule has 0 aromatic carbocycles. The number of hydrogen-bond donors (Lipinski definition) is 1. The number of nitrogens with one attached hydrogen (secondary N) is 1. The molecule has 2 nitrogen and oxygen atoms in total. The van der Waals surface area contributed by atoms with Gasteiger partial charge in [-0.15, -0.1) is 0 Å². The molecule has 1 fully saturated rings. The summed E-state index contributed by atoms with van der Waals surface area (Å²) >= 11 is 0. The van der Waals surface area contributed by atoms with Gasteiger partial charge >= 0.3 is 0 Å². The van der Waals surface area contributed by atoms with Crippen LogP contribution in [-0.2, 0) is 0 Å². The van der Waals surface area contributed by atoms with Gasteiger partial charge in [-0.25, -0.2) is 0 Å². The van der Waals surface area contributed by atoms with Gasteiger partial charge in [0.25, 0.3) is 0 Å². The van der Waals surface area contributed by atoms with Crippen molar-refractivity contribution in [3.8, 4) is 6.07 Å². The largest absolute Gasteiger partial charge is 0.316 e. The second kappa shape index (κ2) is 5.58. The Labute approximate surface area is 56.9 Å². The summed E-state index contributed by atoms with van der Waals surface area (Å²) in [5.74, 6) is 0.935. The van der Waals surface area contributed by atoms with Crippen molar-refractivity contribution >= 4 is 0 Å². The van der Waals surface area contributed by atoms with Crippen LogP contribution in [0.4, 0.5) is 0 Å². The molecule has 52 valence electrons. The fourth-order valence-corrected chi connectivity index (χ4v) is 0.799. The number of hydrogen-bond acceptors (Lipinski definition) is 2. The third kappa shape index (κ3) is 5.32. The van der Waals surface area contributed by atoms with Gasteiger partial charge in [-0.05, 0) is 25.4 Å². The SMILES string of the molecule is CC#N.CC1CCNC1. The quantitative estimate of drug-likeness (QED) is 0.528. The Balaban J connectivity index is 0.000000187. The van der Waals surface area contributed by atoms with E-state index in [0.717, 1.165) is 5.92 Å². The van der Waals surface area contributed by atoms with Crippen LogP contribution in [0.25, 0.3) is 0 Å². The highest BCUT2D eigenvalue weighted by Gasteiger charge is 2.06. The molecule has 1 saturated heterocycles. The first-order valence-corrected chi connectivity index (χ1v) is 3.32. The van der Waals surface area contributed by atoms with E-state index >= 15 is 0 Å². The predicted octanol–water partition coefficient (Wildman–Crippen LogP) is 1.15. The van der Waals surface area contributed by atoms with E-state index in [1.165, 1.54) is 26.4 Å². The zero-order valence-electron chi connectivity index (χ0n) is 6.15. The van der Waals surface area contributed by atoms with Crippen LogP contribution >= 0.6 is 0 Å². The van der Waals surface area contributed by atoms with Crippen molar-refractivity contribution in [2.24, 2.45) is 5.92 Å². The van der Waals surface area contributed by atoms with Crippen LogP contribution in [0.1, 0.15) is 20.3 Å². The maximum Gasteiger partial charge on any atom is 0.0587 e. The molecule has 0 aromatic heterocycles. The second-order valence-corrected chi connectivity index (χ2v) is 2.32. The highest BCUT2D eigenvalue weighted by atomic mass is 14.9. The summed E-state index contributed by atoms with van der Waals surface area (Å²) in [5.41, 5.74) is 0. The molecule has 1 atom stereocenters. The van der Waals surface area contributed by atoms with Gasteiger partial charge in [-0.3, -0.25) is 0 Å². The van der Waals surface area contributed by atoms with Crippen molar-refractivity contribution < 1.29 is 0 Å². The number of nitriles is 1. The van der Waals surface area contributed by atoms with Gasteiger partial charge in [0.1, 0.15) is 0 Å². The molecule has 0 aromatic rings. The Morgan fingerprint density at radius 2 is 2.22 bits per heavy atom. The smallest absolute Gasteiger partial charge is 0.0587 e. The second-order valence-electron chi connectivity index (χ2n) is 2.32. The molecule has 1 heterocycles. The first kappa shape index (κ1) is 8.45. The lowest BCUT2D eigenvalue weighted by Crippen LogP contribution is -2.06. The van der Waals surface area contributed by atoms with Gasteiger partial charge < -0.3 is 5.32 Å². The predicted molar refractivity (Wildman–Crippen MR) is 37.9 cm³/mol. The number of nitrogens with zero attached hydrogens (tertiary/aromatic N) is 1. The molecule has 0 aliphatic carbocycles. The molecule has 1 unspecified atom stereocenters. The highest BCUT2D eigenvalue weighted by Crippen LogP contribution is 2.03. The molecular weight excluding hydrogens is 112 g/mol. The lowest BCUT2D eigenvalue weighted by molar-refractivity contribution is 0.651. The van der Waals surface area contributed by atoms with E-state index in [9.17, 15) is 0 Å². The third-order valence-electron chi connectivity index (χ3n) is 1.31. The lowest BCUT2D eigenvalue weighted by atomic mass is 10.2. The average Bonchev–Trinajstić information content (AvgIpc) is 2.20. The first-order valence-electron chi connectivity index (χ1n) is 3.32. The zero-order chi connectivity index (χ0) is 7.11. The van der Waals surface area contributed by atoms with E-state index in [1.807, 2.05) is 0 Å². The molecule has 0 radical (unpaired) electrons. The van der Waals surface area contributed by atoms with Crippen molar-refractivity contribution in [2.75, 3.05) is 13.1 Å². The standard InChI is InChI=1S/C5H11N.C2H3N/c1-5-2-3-6-4-5;1-2-3/h5-6H,2-4H2,1H3;1H3. The van der Waals surface area contributed by atoms with E-state index in [2.05, 4.69) is 12.2 Å². The Kier molecular flexibility index (Phi) is 5.24. The molecule has 2 heteroatoms. The fraction of sp³-hybridized carbons (Fsp3) is 0.857. The van der Waals surface area contributed by atoms with Crippen molar-refractivity contribution in [1.82, 2.24) is 5.32 Å². The first-order chi connectivity index (χ1) is 4.31. The monoisotopic (exact) mass is 126 g/mol. The van der Waals surface area contributed by atoms with Crippen LogP contribution in [0.2, 0.25) is 0 Å². The molecule has 1 aliphatic rings. The molecule has 0 bridgehead atoms. The number of rotatable bonds is 0. The lowest BCUT2D eigenvalue weighted by Gasteiger charge is -1.90. The van der Waals surface area contributed by atoms with Gasteiger partial charge in [0, 0.05) is 6.92 Å². The van der Waals surface area contributed by atoms with Crippen molar-refractivity contribution in [1.29, 1.82) is 5.26 Å². The van der Waals surface area contributed by atoms with E-state index in [0.29, 0.717) is 0 Å². The third-order valence-corrected chi connectivity index (χ3v) is 1.31. The Hall–Kier alpha value is -0.550. The van der Waals surface area contributed by atoms with Gasteiger partial charge in [0.15, 0.2) is 0 Å². The minimum absolute atomic E-state index is 0.935. The maximum atomic E-state index is 7.32. The normalized spacial score (nSPS) is 23.9. The topological polar surface area (TPSA) is 35.8 Å². The van der Waals surface area contributed by atoms with E-state index in [4.69, 9.17) is 5.26 Å². The van der Waals surface area contributed by atoms with Crippen molar-refractivity contribution in [2.45, 2.75) is 20.3 Å². The minimum atomic E-state index is 0.935. The van der Waals surface area contributed by atoms with E-state index in [-0.39, 0.29) is 0 Å². The van der Waals surface area contributed by atoms with Crippen LogP contribution in [-0.4, -0.2) is 13.1 Å². The van der Waals surface area contributed by atoms with Crippen molar-refractivity contribution in [3.63, 3.8) is 0 Å². The average molecular weight is 126 g/mol. The van der Waals surface area contributed by atoms with Crippen LogP contribution in [0, 0.1) is 17.2 Å².